The molecule has 0 saturated heterocycles. The van der Waals surface area contributed by atoms with E-state index in [0.29, 0.717) is 5.56 Å². The zero-order valence-corrected chi connectivity index (χ0v) is 9.12. The standard InChI is InChI=1S/C12H15N3/c1-3-4-5-6-14-12-8-11(9-13)7-10(2)15-12/h3-4,7-8H,5-6H2,1-2H3,(H,14,15)/b4-3+. The fourth-order valence-electron chi connectivity index (χ4n) is 1.27. The summed E-state index contributed by atoms with van der Waals surface area (Å²) < 4.78 is 0. The van der Waals surface area contributed by atoms with Crippen LogP contribution in [0, 0.1) is 18.3 Å². The highest BCUT2D eigenvalue weighted by Gasteiger charge is 1.98. The van der Waals surface area contributed by atoms with E-state index in [-0.39, 0.29) is 0 Å². The van der Waals surface area contributed by atoms with E-state index >= 15 is 0 Å². The van der Waals surface area contributed by atoms with Crippen LogP contribution in [-0.2, 0) is 0 Å². The van der Waals surface area contributed by atoms with Crippen molar-refractivity contribution in [3.8, 4) is 6.07 Å². The molecule has 78 valence electrons. The molecule has 1 aromatic heterocycles. The Bertz CT molecular complexity index is 388. The van der Waals surface area contributed by atoms with Crippen molar-refractivity contribution >= 4 is 5.82 Å². The Labute approximate surface area is 90.5 Å². The van der Waals surface area contributed by atoms with Crippen LogP contribution in [0.1, 0.15) is 24.6 Å². The third-order valence-corrected chi connectivity index (χ3v) is 1.94. The smallest absolute Gasteiger partial charge is 0.127 e. The van der Waals surface area contributed by atoms with Gasteiger partial charge < -0.3 is 5.32 Å². The van der Waals surface area contributed by atoms with E-state index in [0.717, 1.165) is 24.5 Å². The quantitative estimate of drug-likeness (QED) is 0.601. The summed E-state index contributed by atoms with van der Waals surface area (Å²) in [6.07, 6.45) is 5.08. The topological polar surface area (TPSA) is 48.7 Å². The van der Waals surface area contributed by atoms with Crippen LogP contribution in [0.2, 0.25) is 0 Å². The normalized spacial score (nSPS) is 10.2. The molecule has 1 heterocycles. The molecule has 0 unspecified atom stereocenters. The largest absolute Gasteiger partial charge is 0.370 e. The number of hydrogen-bond acceptors (Lipinski definition) is 3. The number of aromatic nitrogens is 1. The predicted octanol–water partition coefficient (Wildman–Crippen LogP) is 2.64. The van der Waals surface area contributed by atoms with Crippen LogP contribution in [0.25, 0.3) is 0 Å². The van der Waals surface area contributed by atoms with Gasteiger partial charge in [0.05, 0.1) is 11.6 Å². The first-order valence-corrected chi connectivity index (χ1v) is 5.00. The molecule has 1 rings (SSSR count). The molecule has 0 amide bonds. The monoisotopic (exact) mass is 201 g/mol. The summed E-state index contributed by atoms with van der Waals surface area (Å²) in [5.74, 6) is 0.774. The maximum Gasteiger partial charge on any atom is 0.127 e. The number of pyridine rings is 1. The lowest BCUT2D eigenvalue weighted by molar-refractivity contribution is 1.04. The summed E-state index contributed by atoms with van der Waals surface area (Å²) in [5, 5.41) is 12.0. The van der Waals surface area contributed by atoms with Crippen LogP contribution in [0.3, 0.4) is 0 Å². The van der Waals surface area contributed by atoms with Crippen molar-refractivity contribution in [3.05, 3.63) is 35.5 Å². The molecule has 0 radical (unpaired) electrons. The molecule has 15 heavy (non-hydrogen) atoms. The predicted molar refractivity (Wildman–Crippen MR) is 61.6 cm³/mol. The Morgan fingerprint density at radius 2 is 2.33 bits per heavy atom. The van der Waals surface area contributed by atoms with Crippen molar-refractivity contribution in [3.63, 3.8) is 0 Å². The van der Waals surface area contributed by atoms with Gasteiger partial charge in [0.25, 0.3) is 0 Å². The van der Waals surface area contributed by atoms with Crippen molar-refractivity contribution in [2.45, 2.75) is 20.3 Å². The van der Waals surface area contributed by atoms with E-state index in [9.17, 15) is 0 Å². The first-order valence-electron chi connectivity index (χ1n) is 5.00. The van der Waals surface area contributed by atoms with Gasteiger partial charge in [-0.1, -0.05) is 12.2 Å². The van der Waals surface area contributed by atoms with Crippen molar-refractivity contribution in [2.75, 3.05) is 11.9 Å². The minimum Gasteiger partial charge on any atom is -0.370 e. The highest BCUT2D eigenvalue weighted by molar-refractivity contribution is 5.44. The summed E-state index contributed by atoms with van der Waals surface area (Å²) >= 11 is 0. The van der Waals surface area contributed by atoms with Crippen molar-refractivity contribution in [2.24, 2.45) is 0 Å². The van der Waals surface area contributed by atoms with Crippen LogP contribution in [0.4, 0.5) is 5.82 Å². The lowest BCUT2D eigenvalue weighted by atomic mass is 10.2. The molecule has 0 saturated carbocycles. The van der Waals surface area contributed by atoms with Gasteiger partial charge in [0.2, 0.25) is 0 Å². The molecule has 1 N–H and O–H groups in total. The Morgan fingerprint density at radius 1 is 1.53 bits per heavy atom. The highest BCUT2D eigenvalue weighted by atomic mass is 15.0. The molecule has 0 aromatic carbocycles. The van der Waals surface area contributed by atoms with Crippen LogP contribution >= 0.6 is 0 Å². The molecule has 0 bridgehead atoms. The zero-order chi connectivity index (χ0) is 11.1. The van der Waals surface area contributed by atoms with E-state index in [2.05, 4.69) is 22.4 Å². The van der Waals surface area contributed by atoms with Gasteiger partial charge in [0.15, 0.2) is 0 Å². The number of anilines is 1. The van der Waals surface area contributed by atoms with Gasteiger partial charge in [-0.2, -0.15) is 5.26 Å². The van der Waals surface area contributed by atoms with Gasteiger partial charge in [-0.15, -0.1) is 0 Å². The number of allylic oxidation sites excluding steroid dienone is 1. The Hall–Kier alpha value is -1.82. The second kappa shape index (κ2) is 5.82. The molecular formula is C12H15N3. The molecular weight excluding hydrogens is 186 g/mol. The number of nitrogens with one attached hydrogen (secondary N) is 1. The maximum absolute atomic E-state index is 8.78. The molecule has 0 aliphatic carbocycles. The van der Waals surface area contributed by atoms with E-state index < -0.39 is 0 Å². The van der Waals surface area contributed by atoms with E-state index in [1.54, 1.807) is 12.1 Å². The number of aryl methyl sites for hydroxylation is 1. The summed E-state index contributed by atoms with van der Waals surface area (Å²) in [5.41, 5.74) is 1.51. The van der Waals surface area contributed by atoms with Gasteiger partial charge in [-0.05, 0) is 32.4 Å². The molecule has 0 fully saturated rings. The molecule has 0 aliphatic heterocycles. The second-order valence-corrected chi connectivity index (χ2v) is 3.28. The molecule has 0 spiro atoms. The lowest BCUT2D eigenvalue weighted by Gasteiger charge is -2.04. The average Bonchev–Trinajstić information content (AvgIpc) is 2.23. The summed E-state index contributed by atoms with van der Waals surface area (Å²) in [6.45, 7) is 4.72. The third-order valence-electron chi connectivity index (χ3n) is 1.94. The Balaban J connectivity index is 2.61. The highest BCUT2D eigenvalue weighted by Crippen LogP contribution is 2.08. The van der Waals surface area contributed by atoms with Crippen LogP contribution in [0.5, 0.6) is 0 Å². The first kappa shape index (κ1) is 11.3. The van der Waals surface area contributed by atoms with Crippen LogP contribution in [-0.4, -0.2) is 11.5 Å². The van der Waals surface area contributed by atoms with E-state index in [4.69, 9.17) is 5.26 Å². The maximum atomic E-state index is 8.78. The zero-order valence-electron chi connectivity index (χ0n) is 9.12. The molecule has 1 aromatic rings. The van der Waals surface area contributed by atoms with Gasteiger partial charge >= 0.3 is 0 Å². The average molecular weight is 201 g/mol. The van der Waals surface area contributed by atoms with Gasteiger partial charge in [0.1, 0.15) is 5.82 Å². The SMILES string of the molecule is C/C=C/CCNc1cc(C#N)cc(C)n1. The minimum absolute atomic E-state index is 0.649. The summed E-state index contributed by atoms with van der Waals surface area (Å²) in [6, 6.07) is 5.66. The van der Waals surface area contributed by atoms with Gasteiger partial charge in [0, 0.05) is 12.2 Å². The number of hydrogen-bond donors (Lipinski definition) is 1. The van der Waals surface area contributed by atoms with Gasteiger partial charge in [-0.25, -0.2) is 4.98 Å². The van der Waals surface area contributed by atoms with E-state index in [1.165, 1.54) is 0 Å². The van der Waals surface area contributed by atoms with Crippen LogP contribution in [0.15, 0.2) is 24.3 Å². The van der Waals surface area contributed by atoms with Gasteiger partial charge in [-0.3, -0.25) is 0 Å². The molecule has 0 aliphatic rings. The molecule has 3 nitrogen and oxygen atoms in total. The Kier molecular flexibility index (Phi) is 4.36. The summed E-state index contributed by atoms with van der Waals surface area (Å²) in [7, 11) is 0. The number of nitriles is 1. The van der Waals surface area contributed by atoms with E-state index in [1.807, 2.05) is 19.9 Å². The third kappa shape index (κ3) is 3.82. The van der Waals surface area contributed by atoms with Crippen molar-refractivity contribution in [1.29, 1.82) is 5.26 Å². The molecule has 3 heteroatoms. The van der Waals surface area contributed by atoms with Crippen LogP contribution < -0.4 is 5.32 Å². The van der Waals surface area contributed by atoms with Crippen molar-refractivity contribution < 1.29 is 0 Å². The number of rotatable bonds is 4. The number of nitrogens with zero attached hydrogens (tertiary/aromatic N) is 2. The lowest BCUT2D eigenvalue weighted by Crippen LogP contribution is -2.03. The second-order valence-electron chi connectivity index (χ2n) is 3.28. The first-order chi connectivity index (χ1) is 7.26. The van der Waals surface area contributed by atoms with Crippen molar-refractivity contribution in [1.82, 2.24) is 4.98 Å². The minimum atomic E-state index is 0.649. The fraction of sp³-hybridized carbons (Fsp3) is 0.333. The summed E-state index contributed by atoms with van der Waals surface area (Å²) in [4.78, 5) is 4.29. The Morgan fingerprint density at radius 3 is 3.00 bits per heavy atom. The molecule has 0 atom stereocenters. The fourth-order valence-corrected chi connectivity index (χ4v) is 1.27.